The minimum Gasteiger partial charge on any atom is -0.337 e. The third-order valence-electron chi connectivity index (χ3n) is 2.57. The molecule has 7 nitrogen and oxygen atoms in total. The Morgan fingerprint density at radius 3 is 3.00 bits per heavy atom. The molecule has 2 aromatic heterocycles. The number of nitrogens with two attached hydrogens (primary N) is 1. The largest absolute Gasteiger partial charge is 0.337 e. The van der Waals surface area contributed by atoms with E-state index >= 15 is 0 Å². The van der Waals surface area contributed by atoms with Gasteiger partial charge in [0.25, 0.3) is 0 Å². The van der Waals surface area contributed by atoms with Gasteiger partial charge in [-0.25, -0.2) is 10.9 Å². The van der Waals surface area contributed by atoms with E-state index in [2.05, 4.69) is 26.0 Å². The van der Waals surface area contributed by atoms with Gasteiger partial charge in [-0.15, -0.1) is 0 Å². The van der Waals surface area contributed by atoms with Gasteiger partial charge in [-0.2, -0.15) is 4.98 Å². The standard InChI is InChI=1S/C10H12N6O/c11-8-5-7(14-15-8)10-13-9(16-17-10)6-3-1-2-4-12-6/h1-4,7-8,14-15H,5,11H2. The molecular formula is C10H12N6O. The van der Waals surface area contributed by atoms with Crippen molar-refractivity contribution in [2.45, 2.75) is 18.6 Å². The quantitative estimate of drug-likeness (QED) is 0.667. The summed E-state index contributed by atoms with van der Waals surface area (Å²) in [7, 11) is 0. The lowest BCUT2D eigenvalue weighted by Crippen LogP contribution is -2.36. The first kappa shape index (κ1) is 10.3. The van der Waals surface area contributed by atoms with Crippen molar-refractivity contribution in [3.05, 3.63) is 30.3 Å². The van der Waals surface area contributed by atoms with Crippen molar-refractivity contribution in [1.82, 2.24) is 26.0 Å². The Morgan fingerprint density at radius 2 is 2.29 bits per heavy atom. The number of aromatic nitrogens is 3. The van der Waals surface area contributed by atoms with E-state index in [1.54, 1.807) is 6.20 Å². The molecule has 0 amide bonds. The maximum atomic E-state index is 5.70. The Labute approximate surface area is 97.4 Å². The zero-order valence-corrected chi connectivity index (χ0v) is 9.00. The molecular weight excluding hydrogens is 220 g/mol. The monoisotopic (exact) mass is 232 g/mol. The topological polar surface area (TPSA) is 102 Å². The number of rotatable bonds is 2. The number of hydrogen-bond donors (Lipinski definition) is 3. The fourth-order valence-corrected chi connectivity index (χ4v) is 1.72. The van der Waals surface area contributed by atoms with Crippen LogP contribution in [0.5, 0.6) is 0 Å². The zero-order valence-electron chi connectivity index (χ0n) is 9.00. The fraction of sp³-hybridized carbons (Fsp3) is 0.300. The zero-order chi connectivity index (χ0) is 11.7. The first-order chi connectivity index (χ1) is 8.33. The van der Waals surface area contributed by atoms with Gasteiger partial charge in [0, 0.05) is 12.6 Å². The smallest absolute Gasteiger partial charge is 0.245 e. The molecule has 1 aliphatic rings. The van der Waals surface area contributed by atoms with Crippen LogP contribution in [0.2, 0.25) is 0 Å². The van der Waals surface area contributed by atoms with E-state index in [-0.39, 0.29) is 12.2 Å². The van der Waals surface area contributed by atoms with Gasteiger partial charge in [0.2, 0.25) is 11.7 Å². The molecule has 88 valence electrons. The first-order valence-electron chi connectivity index (χ1n) is 5.34. The molecule has 0 radical (unpaired) electrons. The van der Waals surface area contributed by atoms with Crippen LogP contribution < -0.4 is 16.6 Å². The minimum atomic E-state index is -0.0924. The average molecular weight is 232 g/mol. The molecule has 1 saturated heterocycles. The SMILES string of the molecule is NC1CC(c2nc(-c3ccccn3)no2)NN1. The van der Waals surface area contributed by atoms with Crippen molar-refractivity contribution in [1.29, 1.82) is 0 Å². The van der Waals surface area contributed by atoms with Crippen LogP contribution in [-0.2, 0) is 0 Å². The number of pyridine rings is 1. The molecule has 0 bridgehead atoms. The van der Waals surface area contributed by atoms with Crippen molar-refractivity contribution >= 4 is 0 Å². The van der Waals surface area contributed by atoms with Crippen molar-refractivity contribution in [3.63, 3.8) is 0 Å². The Hall–Kier alpha value is -1.83. The Bertz CT molecular complexity index is 499. The van der Waals surface area contributed by atoms with E-state index in [1.807, 2.05) is 18.2 Å². The highest BCUT2D eigenvalue weighted by atomic mass is 16.5. The van der Waals surface area contributed by atoms with Crippen molar-refractivity contribution < 1.29 is 4.52 Å². The van der Waals surface area contributed by atoms with E-state index in [4.69, 9.17) is 10.3 Å². The lowest BCUT2D eigenvalue weighted by atomic mass is 10.2. The van der Waals surface area contributed by atoms with Crippen LogP contribution in [0.1, 0.15) is 18.4 Å². The van der Waals surface area contributed by atoms with Crippen LogP contribution in [0.3, 0.4) is 0 Å². The van der Waals surface area contributed by atoms with Crippen LogP contribution in [0.25, 0.3) is 11.5 Å². The minimum absolute atomic E-state index is 0.0463. The normalized spacial score (nSPS) is 24.1. The first-order valence-corrected chi connectivity index (χ1v) is 5.34. The van der Waals surface area contributed by atoms with Gasteiger partial charge in [0.1, 0.15) is 11.7 Å². The predicted octanol–water partition coefficient (Wildman–Crippen LogP) is -0.0446. The summed E-state index contributed by atoms with van der Waals surface area (Å²) >= 11 is 0. The lowest BCUT2D eigenvalue weighted by molar-refractivity contribution is 0.340. The highest BCUT2D eigenvalue weighted by Crippen LogP contribution is 2.21. The summed E-state index contributed by atoms with van der Waals surface area (Å²) in [6, 6.07) is 5.51. The molecule has 3 heterocycles. The molecule has 2 atom stereocenters. The van der Waals surface area contributed by atoms with Gasteiger partial charge in [-0.1, -0.05) is 11.2 Å². The number of nitrogens with zero attached hydrogens (tertiary/aromatic N) is 3. The molecule has 0 aliphatic carbocycles. The predicted molar refractivity (Wildman–Crippen MR) is 59.1 cm³/mol. The summed E-state index contributed by atoms with van der Waals surface area (Å²) in [5.41, 5.74) is 12.3. The van der Waals surface area contributed by atoms with Gasteiger partial charge in [0.15, 0.2) is 0 Å². The van der Waals surface area contributed by atoms with Crippen LogP contribution in [0, 0.1) is 0 Å². The summed E-state index contributed by atoms with van der Waals surface area (Å²) in [4.78, 5) is 8.46. The van der Waals surface area contributed by atoms with E-state index in [9.17, 15) is 0 Å². The third kappa shape index (κ3) is 2.03. The summed E-state index contributed by atoms with van der Waals surface area (Å²) < 4.78 is 5.19. The summed E-state index contributed by atoms with van der Waals surface area (Å²) in [6.07, 6.45) is 2.31. The molecule has 4 N–H and O–H groups in total. The highest BCUT2D eigenvalue weighted by Gasteiger charge is 2.27. The van der Waals surface area contributed by atoms with Crippen molar-refractivity contribution in [3.8, 4) is 11.5 Å². The van der Waals surface area contributed by atoms with E-state index in [1.165, 1.54) is 0 Å². The Balaban J connectivity index is 1.84. The molecule has 3 rings (SSSR count). The molecule has 0 spiro atoms. The summed E-state index contributed by atoms with van der Waals surface area (Å²) in [6.45, 7) is 0. The second-order valence-electron chi connectivity index (χ2n) is 3.85. The van der Waals surface area contributed by atoms with E-state index < -0.39 is 0 Å². The highest BCUT2D eigenvalue weighted by molar-refractivity contribution is 5.47. The Morgan fingerprint density at radius 1 is 1.35 bits per heavy atom. The number of nitrogens with one attached hydrogen (secondary N) is 2. The van der Waals surface area contributed by atoms with Crippen LogP contribution in [0.4, 0.5) is 0 Å². The molecule has 1 fully saturated rings. The number of hydrogen-bond acceptors (Lipinski definition) is 7. The number of hydrazine groups is 1. The second kappa shape index (κ2) is 4.21. The van der Waals surface area contributed by atoms with E-state index in [0.717, 1.165) is 0 Å². The van der Waals surface area contributed by atoms with Crippen molar-refractivity contribution in [2.24, 2.45) is 5.73 Å². The average Bonchev–Trinajstić information content (AvgIpc) is 2.98. The van der Waals surface area contributed by atoms with Gasteiger partial charge in [0.05, 0.1) is 6.17 Å². The van der Waals surface area contributed by atoms with Crippen LogP contribution >= 0.6 is 0 Å². The maximum Gasteiger partial charge on any atom is 0.245 e. The summed E-state index contributed by atoms with van der Waals surface area (Å²) in [5.74, 6) is 1.01. The van der Waals surface area contributed by atoms with Gasteiger partial charge in [-0.05, 0) is 12.1 Å². The molecule has 17 heavy (non-hydrogen) atoms. The maximum absolute atomic E-state index is 5.70. The molecule has 2 aromatic rings. The molecule has 2 unspecified atom stereocenters. The summed E-state index contributed by atoms with van der Waals surface area (Å²) in [5, 5.41) is 3.90. The molecule has 1 aliphatic heterocycles. The lowest BCUT2D eigenvalue weighted by Gasteiger charge is -2.00. The molecule has 7 heteroatoms. The van der Waals surface area contributed by atoms with Gasteiger partial charge < -0.3 is 10.3 Å². The van der Waals surface area contributed by atoms with E-state index in [0.29, 0.717) is 23.8 Å². The van der Waals surface area contributed by atoms with Gasteiger partial charge >= 0.3 is 0 Å². The molecule has 0 saturated carbocycles. The fourth-order valence-electron chi connectivity index (χ4n) is 1.72. The Kier molecular flexibility index (Phi) is 2.56. The third-order valence-corrected chi connectivity index (χ3v) is 2.57. The second-order valence-corrected chi connectivity index (χ2v) is 3.85. The van der Waals surface area contributed by atoms with Crippen LogP contribution in [-0.4, -0.2) is 21.3 Å². The van der Waals surface area contributed by atoms with Crippen LogP contribution in [0.15, 0.2) is 28.9 Å². The van der Waals surface area contributed by atoms with Gasteiger partial charge in [-0.3, -0.25) is 4.98 Å². The molecule has 0 aromatic carbocycles. The van der Waals surface area contributed by atoms with Crippen molar-refractivity contribution in [2.75, 3.05) is 0 Å².